The van der Waals surface area contributed by atoms with Crippen LogP contribution in [0.15, 0.2) is 24.3 Å². The summed E-state index contributed by atoms with van der Waals surface area (Å²) in [7, 11) is 0. The van der Waals surface area contributed by atoms with Crippen LogP contribution in [0.1, 0.15) is 17.2 Å². The number of alkyl halides is 5. The van der Waals surface area contributed by atoms with Crippen LogP contribution >= 0.6 is 12.4 Å². The molecule has 1 unspecified atom stereocenters. The van der Waals surface area contributed by atoms with Gasteiger partial charge in [-0.05, 0) is 24.1 Å². The molecule has 18 heavy (non-hydrogen) atoms. The number of hydrogen-bond acceptors (Lipinski definition) is 1. The van der Waals surface area contributed by atoms with E-state index in [0.717, 1.165) is 0 Å². The second kappa shape index (κ2) is 5.01. The van der Waals surface area contributed by atoms with Crippen molar-refractivity contribution in [2.75, 3.05) is 6.54 Å². The van der Waals surface area contributed by atoms with E-state index >= 15 is 0 Å². The molecule has 0 aliphatic carbocycles. The second-order valence-electron chi connectivity index (χ2n) is 3.96. The van der Waals surface area contributed by atoms with Crippen molar-refractivity contribution in [2.45, 2.75) is 24.6 Å². The number of fused-ring (bicyclic) bond motifs is 1. The van der Waals surface area contributed by atoms with Crippen LogP contribution < -0.4 is 5.32 Å². The van der Waals surface area contributed by atoms with Gasteiger partial charge in [0.1, 0.15) is 6.04 Å². The van der Waals surface area contributed by atoms with Gasteiger partial charge in [0.05, 0.1) is 0 Å². The highest BCUT2D eigenvalue weighted by Crippen LogP contribution is 2.46. The summed E-state index contributed by atoms with van der Waals surface area (Å²) < 4.78 is 63.6. The fourth-order valence-corrected chi connectivity index (χ4v) is 1.99. The first-order chi connectivity index (χ1) is 7.84. The fraction of sp³-hybridized carbons (Fsp3) is 0.455. The highest BCUT2D eigenvalue weighted by Gasteiger charge is 2.63. The lowest BCUT2D eigenvalue weighted by molar-refractivity contribution is -0.294. The smallest absolute Gasteiger partial charge is 0.304 e. The van der Waals surface area contributed by atoms with Crippen LogP contribution in [0.4, 0.5) is 22.0 Å². The molecule has 0 saturated heterocycles. The molecule has 1 aromatic rings. The van der Waals surface area contributed by atoms with Gasteiger partial charge in [0.15, 0.2) is 0 Å². The molecule has 1 atom stereocenters. The van der Waals surface area contributed by atoms with Crippen LogP contribution in [-0.4, -0.2) is 18.6 Å². The van der Waals surface area contributed by atoms with Crippen molar-refractivity contribution in [3.05, 3.63) is 35.4 Å². The Bertz CT molecular complexity index is 418. The van der Waals surface area contributed by atoms with Gasteiger partial charge >= 0.3 is 12.1 Å². The number of nitrogens with one attached hydrogen (secondary N) is 1. The largest absolute Gasteiger partial charge is 0.455 e. The van der Waals surface area contributed by atoms with Gasteiger partial charge in [0.2, 0.25) is 0 Å². The summed E-state index contributed by atoms with van der Waals surface area (Å²) in [6, 6.07) is 3.99. The lowest BCUT2D eigenvalue weighted by Gasteiger charge is -2.33. The SMILES string of the molecule is Cl.FC(F)(F)C(F)(F)C1NCCc2ccccc21. The van der Waals surface area contributed by atoms with Crippen LogP contribution in [0.3, 0.4) is 0 Å². The molecule has 0 amide bonds. The molecule has 1 aromatic carbocycles. The Kier molecular flexibility index (Phi) is 4.23. The lowest BCUT2D eigenvalue weighted by Crippen LogP contribution is -2.50. The summed E-state index contributed by atoms with van der Waals surface area (Å²) in [5.41, 5.74) is 0.571. The van der Waals surface area contributed by atoms with Crippen molar-refractivity contribution in [1.29, 1.82) is 0 Å². The average molecular weight is 288 g/mol. The van der Waals surface area contributed by atoms with Crippen molar-refractivity contribution in [1.82, 2.24) is 5.32 Å². The number of hydrogen-bond donors (Lipinski definition) is 1. The van der Waals surface area contributed by atoms with Crippen molar-refractivity contribution in [2.24, 2.45) is 0 Å². The first-order valence-corrected chi connectivity index (χ1v) is 5.10. The van der Waals surface area contributed by atoms with E-state index in [1.54, 1.807) is 12.1 Å². The van der Waals surface area contributed by atoms with E-state index in [0.29, 0.717) is 12.0 Å². The van der Waals surface area contributed by atoms with Gasteiger partial charge in [0, 0.05) is 0 Å². The molecule has 0 radical (unpaired) electrons. The van der Waals surface area contributed by atoms with E-state index in [9.17, 15) is 22.0 Å². The first-order valence-electron chi connectivity index (χ1n) is 5.10. The summed E-state index contributed by atoms with van der Waals surface area (Å²) in [6.07, 6.45) is -5.09. The number of halogens is 6. The maximum Gasteiger partial charge on any atom is 0.455 e. The minimum absolute atomic E-state index is 0. The fourth-order valence-electron chi connectivity index (χ4n) is 1.99. The molecule has 1 N–H and O–H groups in total. The van der Waals surface area contributed by atoms with E-state index < -0.39 is 18.1 Å². The maximum atomic E-state index is 13.3. The molecule has 102 valence electrons. The molecular weight excluding hydrogens is 277 g/mol. The number of benzene rings is 1. The molecule has 1 aliphatic heterocycles. The summed E-state index contributed by atoms with van der Waals surface area (Å²) >= 11 is 0. The Balaban J connectivity index is 0.00000162. The van der Waals surface area contributed by atoms with E-state index in [1.807, 2.05) is 0 Å². The number of rotatable bonds is 1. The third-order valence-electron chi connectivity index (χ3n) is 2.85. The highest BCUT2D eigenvalue weighted by molar-refractivity contribution is 5.85. The average Bonchev–Trinajstić information content (AvgIpc) is 2.26. The molecule has 1 nitrogen and oxygen atoms in total. The van der Waals surface area contributed by atoms with Gasteiger partial charge in [-0.25, -0.2) is 0 Å². The molecule has 0 fully saturated rings. The van der Waals surface area contributed by atoms with Crippen LogP contribution in [0.25, 0.3) is 0 Å². The molecule has 7 heteroatoms. The topological polar surface area (TPSA) is 12.0 Å². The molecule has 0 saturated carbocycles. The van der Waals surface area contributed by atoms with Crippen molar-refractivity contribution in [3.8, 4) is 0 Å². The molecular formula is C11H11ClF5N. The van der Waals surface area contributed by atoms with E-state index in [2.05, 4.69) is 5.32 Å². The Hall–Kier alpha value is -0.880. The summed E-state index contributed by atoms with van der Waals surface area (Å²) in [6.45, 7) is 0.118. The standard InChI is InChI=1S/C11H10F5N.ClH/c12-10(13,11(14,15)16)9-8-4-2-1-3-7(8)5-6-17-9;/h1-4,9,17H,5-6H2;1H. The minimum atomic E-state index is -5.55. The zero-order valence-corrected chi connectivity index (χ0v) is 9.92. The van der Waals surface area contributed by atoms with E-state index in [1.165, 1.54) is 12.1 Å². The van der Waals surface area contributed by atoms with Gasteiger partial charge in [-0.2, -0.15) is 22.0 Å². The minimum Gasteiger partial charge on any atom is -0.304 e. The molecule has 1 aliphatic rings. The Morgan fingerprint density at radius 3 is 2.28 bits per heavy atom. The van der Waals surface area contributed by atoms with Crippen LogP contribution in [0.5, 0.6) is 0 Å². The van der Waals surface area contributed by atoms with Gasteiger partial charge < -0.3 is 5.32 Å². The van der Waals surface area contributed by atoms with Crippen LogP contribution in [-0.2, 0) is 6.42 Å². The zero-order valence-electron chi connectivity index (χ0n) is 9.10. The summed E-state index contributed by atoms with van der Waals surface area (Å²) in [4.78, 5) is 0. The van der Waals surface area contributed by atoms with Gasteiger partial charge in [-0.1, -0.05) is 24.3 Å². The Labute approximate surface area is 107 Å². The third-order valence-corrected chi connectivity index (χ3v) is 2.85. The predicted octanol–water partition coefficient (Wildman–Crippen LogP) is 3.49. The zero-order chi connectivity index (χ0) is 12.7. The van der Waals surface area contributed by atoms with Gasteiger partial charge in [-0.3, -0.25) is 0 Å². The Morgan fingerprint density at radius 1 is 1.06 bits per heavy atom. The maximum absolute atomic E-state index is 13.3. The van der Waals surface area contributed by atoms with E-state index in [4.69, 9.17) is 0 Å². The third kappa shape index (κ3) is 2.44. The molecule has 1 heterocycles. The van der Waals surface area contributed by atoms with Crippen LogP contribution in [0, 0.1) is 0 Å². The summed E-state index contributed by atoms with van der Waals surface area (Å²) in [5.74, 6) is -4.76. The van der Waals surface area contributed by atoms with Crippen LogP contribution in [0.2, 0.25) is 0 Å². The molecule has 0 aromatic heterocycles. The van der Waals surface area contributed by atoms with Crippen molar-refractivity contribution < 1.29 is 22.0 Å². The second-order valence-corrected chi connectivity index (χ2v) is 3.96. The first kappa shape index (κ1) is 15.2. The molecule has 2 rings (SSSR count). The van der Waals surface area contributed by atoms with Crippen molar-refractivity contribution in [3.63, 3.8) is 0 Å². The quantitative estimate of drug-likeness (QED) is 0.780. The van der Waals surface area contributed by atoms with Crippen molar-refractivity contribution >= 4 is 12.4 Å². The molecule has 0 bridgehead atoms. The molecule has 0 spiro atoms. The van der Waals surface area contributed by atoms with Gasteiger partial charge in [-0.15, -0.1) is 12.4 Å². The van der Waals surface area contributed by atoms with E-state index in [-0.39, 0.29) is 24.5 Å². The lowest BCUT2D eigenvalue weighted by atomic mass is 9.90. The normalized spacial score (nSPS) is 19.9. The monoisotopic (exact) mass is 287 g/mol. The van der Waals surface area contributed by atoms with Gasteiger partial charge in [0.25, 0.3) is 0 Å². The summed E-state index contributed by atoms with van der Waals surface area (Å²) in [5, 5.41) is 2.25. The predicted molar refractivity (Wildman–Crippen MR) is 59.1 cm³/mol. The Morgan fingerprint density at radius 2 is 1.67 bits per heavy atom. The highest BCUT2D eigenvalue weighted by atomic mass is 35.5.